The molecule has 0 amide bonds. The van der Waals surface area contributed by atoms with Crippen LogP contribution in [0, 0.1) is 0 Å². The van der Waals surface area contributed by atoms with E-state index in [1.54, 1.807) is 0 Å². The highest BCUT2D eigenvalue weighted by atomic mass is 16.3. The van der Waals surface area contributed by atoms with Gasteiger partial charge >= 0.3 is 0 Å². The number of furan rings is 2. The summed E-state index contributed by atoms with van der Waals surface area (Å²) >= 11 is 0. The molecule has 0 radical (unpaired) electrons. The topological polar surface area (TPSA) is 65.0 Å². The van der Waals surface area contributed by atoms with Gasteiger partial charge < -0.3 is 8.83 Å². The smallest absolute Gasteiger partial charge is 0.164 e. The van der Waals surface area contributed by atoms with Gasteiger partial charge in [0.1, 0.15) is 22.3 Å². The van der Waals surface area contributed by atoms with Crippen molar-refractivity contribution in [3.8, 4) is 45.3 Å². The van der Waals surface area contributed by atoms with E-state index in [1.807, 2.05) is 72.8 Å². The average Bonchev–Trinajstić information content (AvgIpc) is 3.79. The van der Waals surface area contributed by atoms with Crippen molar-refractivity contribution in [1.82, 2.24) is 15.0 Å². The molecule has 7 aromatic carbocycles. The van der Waals surface area contributed by atoms with E-state index >= 15 is 0 Å². The summed E-state index contributed by atoms with van der Waals surface area (Å²) in [4.78, 5) is 14.6. The number of benzene rings is 7. The van der Waals surface area contributed by atoms with E-state index < -0.39 is 0 Å². The summed E-state index contributed by atoms with van der Waals surface area (Å²) in [5.41, 5.74) is 11.5. The average molecular weight is 684 g/mol. The van der Waals surface area contributed by atoms with Crippen LogP contribution in [-0.2, 0) is 12.8 Å². The van der Waals surface area contributed by atoms with Crippen molar-refractivity contribution >= 4 is 43.9 Å². The van der Waals surface area contributed by atoms with Crippen LogP contribution in [0.5, 0.6) is 0 Å². The normalized spacial score (nSPS) is 11.6. The van der Waals surface area contributed by atoms with Crippen molar-refractivity contribution in [1.29, 1.82) is 0 Å². The Morgan fingerprint density at radius 2 is 0.736 bits per heavy atom. The predicted octanol–water partition coefficient (Wildman–Crippen LogP) is 12.5. The third kappa shape index (κ3) is 5.92. The number of aromatic nitrogens is 3. The second-order valence-corrected chi connectivity index (χ2v) is 13.5. The lowest BCUT2D eigenvalue weighted by Crippen LogP contribution is -2.00. The van der Waals surface area contributed by atoms with Crippen LogP contribution < -0.4 is 0 Å². The fourth-order valence-corrected chi connectivity index (χ4v) is 7.32. The summed E-state index contributed by atoms with van der Waals surface area (Å²) in [6, 6.07) is 56.6. The molecule has 10 aromatic rings. The quantitative estimate of drug-likeness (QED) is 0.159. The van der Waals surface area contributed by atoms with E-state index in [2.05, 4.69) is 91.0 Å². The SMILES string of the molecule is c1ccc(-c2nc(-c3ccccc3)nc(-c3ccc(CCCc4ccc5oc6ccc(-c7ccc8oc9ccccc9c8c7)cc6c5c4)cc3)n2)cc1. The fourth-order valence-electron chi connectivity index (χ4n) is 7.32. The van der Waals surface area contributed by atoms with Crippen LogP contribution >= 0.6 is 0 Å². The van der Waals surface area contributed by atoms with E-state index in [9.17, 15) is 0 Å². The highest BCUT2D eigenvalue weighted by molar-refractivity contribution is 6.08. The van der Waals surface area contributed by atoms with Crippen LogP contribution in [0.2, 0.25) is 0 Å². The van der Waals surface area contributed by atoms with Crippen molar-refractivity contribution in [2.24, 2.45) is 0 Å². The molecular formula is C48H33N3O2. The molecule has 5 heteroatoms. The van der Waals surface area contributed by atoms with Gasteiger partial charge in [0.25, 0.3) is 0 Å². The number of nitrogens with zero attached hydrogens (tertiary/aromatic N) is 3. The Balaban J connectivity index is 0.876. The van der Waals surface area contributed by atoms with Gasteiger partial charge in [0, 0.05) is 38.2 Å². The van der Waals surface area contributed by atoms with Gasteiger partial charge in [-0.1, -0.05) is 121 Å². The first-order valence-corrected chi connectivity index (χ1v) is 18.0. The molecular weight excluding hydrogens is 651 g/mol. The Kier molecular flexibility index (Phi) is 7.61. The molecule has 0 unspecified atom stereocenters. The fraction of sp³-hybridized carbons (Fsp3) is 0.0625. The minimum atomic E-state index is 0.668. The van der Waals surface area contributed by atoms with Gasteiger partial charge in [-0.2, -0.15) is 0 Å². The zero-order valence-corrected chi connectivity index (χ0v) is 28.9. The molecule has 0 spiro atoms. The Hall–Kier alpha value is -6.85. The van der Waals surface area contributed by atoms with Gasteiger partial charge in [-0.05, 0) is 84.0 Å². The van der Waals surface area contributed by atoms with Crippen LogP contribution in [-0.4, -0.2) is 15.0 Å². The summed E-state index contributed by atoms with van der Waals surface area (Å²) in [5.74, 6) is 2.01. The summed E-state index contributed by atoms with van der Waals surface area (Å²) in [6.07, 6.45) is 2.98. The molecule has 3 aromatic heterocycles. The zero-order chi connectivity index (χ0) is 35.1. The number of fused-ring (bicyclic) bond motifs is 6. The highest BCUT2D eigenvalue weighted by Gasteiger charge is 2.14. The van der Waals surface area contributed by atoms with E-state index in [0.717, 1.165) is 91.0 Å². The Morgan fingerprint density at radius 1 is 0.321 bits per heavy atom. The number of hydrogen-bond donors (Lipinski definition) is 0. The van der Waals surface area contributed by atoms with Crippen molar-refractivity contribution in [2.45, 2.75) is 19.3 Å². The van der Waals surface area contributed by atoms with Crippen LogP contribution in [0.1, 0.15) is 17.5 Å². The molecule has 0 aliphatic carbocycles. The zero-order valence-electron chi connectivity index (χ0n) is 28.9. The summed E-state index contributed by atoms with van der Waals surface area (Å²) in [6.45, 7) is 0. The molecule has 0 aliphatic rings. The number of hydrogen-bond acceptors (Lipinski definition) is 5. The second kappa shape index (κ2) is 13.0. The van der Waals surface area contributed by atoms with Crippen LogP contribution in [0.25, 0.3) is 89.2 Å². The van der Waals surface area contributed by atoms with Crippen LogP contribution in [0.15, 0.2) is 173 Å². The molecule has 0 N–H and O–H groups in total. The van der Waals surface area contributed by atoms with Crippen LogP contribution in [0.4, 0.5) is 0 Å². The Labute approximate surface area is 306 Å². The summed E-state index contributed by atoms with van der Waals surface area (Å²) < 4.78 is 12.3. The van der Waals surface area contributed by atoms with Crippen molar-refractivity contribution < 1.29 is 8.83 Å². The standard InChI is InChI=1S/C48H33N3O2/c1-3-12-33(13-4-1)46-49-47(34-14-5-2-6-15-34)51-48(50-46)35-21-18-31(19-22-35)10-9-11-32-20-25-43-39(28-32)41-30-37(24-27-45(41)53-43)36-23-26-44-40(29-36)38-16-7-8-17-42(38)52-44/h1-8,12-30H,9-11H2. The van der Waals surface area contributed by atoms with Crippen molar-refractivity contribution in [2.75, 3.05) is 0 Å². The molecule has 0 bridgehead atoms. The van der Waals surface area contributed by atoms with Crippen LogP contribution in [0.3, 0.4) is 0 Å². The summed E-state index contributed by atoms with van der Waals surface area (Å²) in [7, 11) is 0. The number of aryl methyl sites for hydroxylation is 2. The summed E-state index contributed by atoms with van der Waals surface area (Å²) in [5, 5.41) is 4.56. The molecule has 3 heterocycles. The Morgan fingerprint density at radius 3 is 1.34 bits per heavy atom. The maximum absolute atomic E-state index is 6.27. The molecule has 0 saturated carbocycles. The molecule has 0 atom stereocenters. The van der Waals surface area contributed by atoms with Gasteiger partial charge in [-0.15, -0.1) is 0 Å². The first kappa shape index (κ1) is 30.9. The minimum absolute atomic E-state index is 0.668. The molecule has 0 fully saturated rings. The third-order valence-electron chi connectivity index (χ3n) is 10.1. The molecule has 5 nitrogen and oxygen atoms in total. The molecule has 10 rings (SSSR count). The maximum atomic E-state index is 6.27. The lowest BCUT2D eigenvalue weighted by Gasteiger charge is -2.09. The third-order valence-corrected chi connectivity index (χ3v) is 10.1. The first-order chi connectivity index (χ1) is 26.2. The molecule has 0 aliphatic heterocycles. The first-order valence-electron chi connectivity index (χ1n) is 18.0. The lowest BCUT2D eigenvalue weighted by molar-refractivity contribution is 0.668. The maximum Gasteiger partial charge on any atom is 0.164 e. The molecule has 53 heavy (non-hydrogen) atoms. The molecule has 0 saturated heterocycles. The van der Waals surface area contributed by atoms with Gasteiger partial charge in [0.2, 0.25) is 0 Å². The minimum Gasteiger partial charge on any atom is -0.456 e. The van der Waals surface area contributed by atoms with E-state index in [1.165, 1.54) is 11.1 Å². The highest BCUT2D eigenvalue weighted by Crippen LogP contribution is 2.36. The predicted molar refractivity (Wildman–Crippen MR) is 215 cm³/mol. The number of para-hydroxylation sites is 1. The largest absolute Gasteiger partial charge is 0.456 e. The monoisotopic (exact) mass is 683 g/mol. The lowest BCUT2D eigenvalue weighted by atomic mass is 9.99. The van der Waals surface area contributed by atoms with Crippen molar-refractivity contribution in [3.63, 3.8) is 0 Å². The van der Waals surface area contributed by atoms with E-state index in [0.29, 0.717) is 17.5 Å². The second-order valence-electron chi connectivity index (χ2n) is 13.5. The van der Waals surface area contributed by atoms with E-state index in [4.69, 9.17) is 23.8 Å². The van der Waals surface area contributed by atoms with Gasteiger partial charge in [-0.25, -0.2) is 15.0 Å². The van der Waals surface area contributed by atoms with Gasteiger partial charge in [0.15, 0.2) is 17.5 Å². The van der Waals surface area contributed by atoms with E-state index in [-0.39, 0.29) is 0 Å². The van der Waals surface area contributed by atoms with Gasteiger partial charge in [0.05, 0.1) is 0 Å². The molecule has 252 valence electrons. The Bertz CT molecular complexity index is 2850. The number of rotatable bonds is 8. The van der Waals surface area contributed by atoms with Crippen molar-refractivity contribution in [3.05, 3.63) is 175 Å². The van der Waals surface area contributed by atoms with Gasteiger partial charge in [-0.3, -0.25) is 0 Å².